The molecular formula is C36H27F2N3O. The van der Waals surface area contributed by atoms with Gasteiger partial charge in [0.05, 0.1) is 28.5 Å². The van der Waals surface area contributed by atoms with E-state index in [4.69, 9.17) is 10.1 Å². The van der Waals surface area contributed by atoms with Crippen molar-refractivity contribution in [3.63, 3.8) is 0 Å². The molecule has 0 unspecified atom stereocenters. The predicted molar refractivity (Wildman–Crippen MR) is 162 cm³/mol. The van der Waals surface area contributed by atoms with Crippen LogP contribution in [-0.4, -0.2) is 21.6 Å². The highest BCUT2D eigenvalue weighted by atomic mass is 19.1. The highest BCUT2D eigenvalue weighted by Crippen LogP contribution is 2.45. The Labute approximate surface area is 242 Å². The molecule has 6 heteroatoms. The molecule has 0 N–H and O–H groups in total. The average molecular weight is 556 g/mol. The van der Waals surface area contributed by atoms with Gasteiger partial charge in [0.2, 0.25) is 0 Å². The number of aromatic nitrogens is 1. The first-order valence-electron chi connectivity index (χ1n) is 14.1. The summed E-state index contributed by atoms with van der Waals surface area (Å²) in [6, 6.07) is 31.6. The molecule has 7 rings (SSSR count). The minimum absolute atomic E-state index is 0.0541. The van der Waals surface area contributed by atoms with Crippen molar-refractivity contribution in [2.45, 2.75) is 25.3 Å². The first-order valence-corrected chi connectivity index (χ1v) is 14.1. The zero-order valence-corrected chi connectivity index (χ0v) is 22.8. The van der Waals surface area contributed by atoms with Gasteiger partial charge in [-0.2, -0.15) is 5.10 Å². The molecule has 0 bridgehead atoms. The highest BCUT2D eigenvalue weighted by Gasteiger charge is 2.44. The van der Waals surface area contributed by atoms with E-state index in [2.05, 4.69) is 0 Å². The van der Waals surface area contributed by atoms with Crippen molar-refractivity contribution in [3.8, 4) is 11.3 Å². The fraction of sp³-hybridized carbons (Fsp3) is 0.139. The predicted octanol–water partition coefficient (Wildman–Crippen LogP) is 8.62. The lowest BCUT2D eigenvalue weighted by Gasteiger charge is -2.30. The number of rotatable bonds is 4. The number of hydrogen-bond donors (Lipinski definition) is 0. The molecule has 1 aromatic heterocycles. The van der Waals surface area contributed by atoms with Crippen LogP contribution in [0.1, 0.15) is 46.8 Å². The van der Waals surface area contributed by atoms with Gasteiger partial charge in [-0.3, -0.25) is 4.79 Å². The van der Waals surface area contributed by atoms with Crippen molar-refractivity contribution in [2.75, 3.05) is 0 Å². The van der Waals surface area contributed by atoms with Crippen LogP contribution in [0, 0.1) is 17.6 Å². The van der Waals surface area contributed by atoms with Crippen molar-refractivity contribution in [1.82, 2.24) is 9.99 Å². The maximum atomic E-state index is 14.6. The molecule has 1 saturated carbocycles. The van der Waals surface area contributed by atoms with E-state index in [-0.39, 0.29) is 23.5 Å². The van der Waals surface area contributed by atoms with Crippen LogP contribution in [-0.2, 0) is 0 Å². The second kappa shape index (κ2) is 10.8. The number of carbonyl (C=O) groups is 1. The van der Waals surface area contributed by atoms with Crippen molar-refractivity contribution < 1.29 is 13.6 Å². The Hall–Kier alpha value is -4.97. The van der Waals surface area contributed by atoms with Gasteiger partial charge in [-0.05, 0) is 78.4 Å². The van der Waals surface area contributed by atoms with E-state index >= 15 is 0 Å². The number of benzene rings is 4. The van der Waals surface area contributed by atoms with Gasteiger partial charge in [0.1, 0.15) is 11.6 Å². The molecule has 2 atom stereocenters. The van der Waals surface area contributed by atoms with Crippen LogP contribution in [0.2, 0.25) is 0 Å². The molecule has 4 aromatic carbocycles. The van der Waals surface area contributed by atoms with Crippen LogP contribution in [0.25, 0.3) is 28.2 Å². The number of carbonyl (C=O) groups excluding carboxylic acids is 1. The van der Waals surface area contributed by atoms with E-state index in [9.17, 15) is 13.6 Å². The van der Waals surface area contributed by atoms with Crippen LogP contribution in [0.15, 0.2) is 120 Å². The number of hydrazone groups is 1. The SMILES string of the molecule is O=C(c1cc(-c2ccccc2)nc2ccccc12)N1N=C2/C(=C\c3ccc(F)cc3)CCC[C@H]2[C@H]1c1ccc(F)cc1. The number of amides is 1. The summed E-state index contributed by atoms with van der Waals surface area (Å²) < 4.78 is 27.6. The van der Waals surface area contributed by atoms with Crippen LogP contribution < -0.4 is 0 Å². The summed E-state index contributed by atoms with van der Waals surface area (Å²) in [6.45, 7) is 0. The van der Waals surface area contributed by atoms with E-state index in [1.807, 2.05) is 66.7 Å². The molecule has 42 heavy (non-hydrogen) atoms. The number of pyridine rings is 1. The fourth-order valence-corrected chi connectivity index (χ4v) is 6.15. The van der Waals surface area contributed by atoms with E-state index in [0.29, 0.717) is 11.3 Å². The molecule has 2 aliphatic rings. The van der Waals surface area contributed by atoms with Crippen LogP contribution in [0.4, 0.5) is 8.78 Å². The van der Waals surface area contributed by atoms with E-state index < -0.39 is 6.04 Å². The van der Waals surface area contributed by atoms with E-state index in [0.717, 1.165) is 58.1 Å². The average Bonchev–Trinajstić information content (AvgIpc) is 3.43. The smallest absolute Gasteiger partial charge is 0.267 e. The summed E-state index contributed by atoms with van der Waals surface area (Å²) in [6.07, 6.45) is 4.61. The van der Waals surface area contributed by atoms with Crippen LogP contribution in [0.5, 0.6) is 0 Å². The quantitative estimate of drug-likeness (QED) is 0.223. The Kier molecular flexibility index (Phi) is 6.67. The van der Waals surface area contributed by atoms with Gasteiger partial charge in [0, 0.05) is 16.9 Å². The Morgan fingerprint density at radius 1 is 0.833 bits per heavy atom. The Morgan fingerprint density at radius 3 is 2.29 bits per heavy atom. The lowest BCUT2D eigenvalue weighted by atomic mass is 9.77. The number of allylic oxidation sites excluding steroid dienone is 1. The van der Waals surface area contributed by atoms with Gasteiger partial charge in [-0.1, -0.05) is 72.8 Å². The van der Waals surface area contributed by atoms with Gasteiger partial charge in [-0.25, -0.2) is 18.8 Å². The third-order valence-electron chi connectivity index (χ3n) is 8.15. The molecule has 1 aliphatic carbocycles. The summed E-state index contributed by atoms with van der Waals surface area (Å²) >= 11 is 0. The number of nitrogens with zero attached hydrogens (tertiary/aromatic N) is 3. The number of para-hydroxylation sites is 1. The van der Waals surface area contributed by atoms with Gasteiger partial charge in [-0.15, -0.1) is 0 Å². The van der Waals surface area contributed by atoms with Gasteiger partial charge in [0.15, 0.2) is 0 Å². The van der Waals surface area contributed by atoms with Crippen LogP contribution >= 0.6 is 0 Å². The zero-order chi connectivity index (χ0) is 28.6. The lowest BCUT2D eigenvalue weighted by molar-refractivity contribution is 0.0683. The van der Waals surface area contributed by atoms with Crippen molar-refractivity contribution in [3.05, 3.63) is 143 Å². The fourth-order valence-electron chi connectivity index (χ4n) is 6.15. The molecule has 0 radical (unpaired) electrons. The lowest BCUT2D eigenvalue weighted by Crippen LogP contribution is -2.32. The first kappa shape index (κ1) is 26.0. The topological polar surface area (TPSA) is 45.6 Å². The maximum Gasteiger partial charge on any atom is 0.275 e. The van der Waals surface area contributed by atoms with Crippen LogP contribution in [0.3, 0.4) is 0 Å². The molecule has 0 saturated heterocycles. The molecule has 4 nitrogen and oxygen atoms in total. The zero-order valence-electron chi connectivity index (χ0n) is 22.8. The highest BCUT2D eigenvalue weighted by molar-refractivity contribution is 6.12. The summed E-state index contributed by atoms with van der Waals surface area (Å²) in [7, 11) is 0. The molecule has 0 spiro atoms. The largest absolute Gasteiger partial charge is 0.275 e. The second-order valence-electron chi connectivity index (χ2n) is 10.8. The normalized spacial score (nSPS) is 19.1. The minimum atomic E-state index is -0.392. The number of fused-ring (bicyclic) bond motifs is 2. The monoisotopic (exact) mass is 555 g/mol. The molecule has 1 amide bonds. The van der Waals surface area contributed by atoms with Gasteiger partial charge in [0.25, 0.3) is 5.91 Å². The molecular weight excluding hydrogens is 528 g/mol. The third kappa shape index (κ3) is 4.79. The summed E-state index contributed by atoms with van der Waals surface area (Å²) in [5.41, 5.74) is 6.46. The second-order valence-corrected chi connectivity index (χ2v) is 10.8. The van der Waals surface area contributed by atoms with Crippen molar-refractivity contribution in [1.29, 1.82) is 0 Å². The molecule has 1 aliphatic heterocycles. The minimum Gasteiger partial charge on any atom is -0.267 e. The molecule has 5 aromatic rings. The number of hydrogen-bond acceptors (Lipinski definition) is 3. The Bertz CT molecular complexity index is 1850. The van der Waals surface area contributed by atoms with E-state index in [1.54, 1.807) is 29.3 Å². The summed E-state index contributed by atoms with van der Waals surface area (Å²) in [5.74, 6) is -0.905. The first-order chi connectivity index (χ1) is 20.5. The Balaban J connectivity index is 1.37. The van der Waals surface area contributed by atoms with Gasteiger partial charge >= 0.3 is 0 Å². The molecule has 206 valence electrons. The summed E-state index contributed by atoms with van der Waals surface area (Å²) in [4.78, 5) is 19.5. The molecule has 2 heterocycles. The van der Waals surface area contributed by atoms with Crippen molar-refractivity contribution >= 4 is 28.6 Å². The van der Waals surface area contributed by atoms with E-state index in [1.165, 1.54) is 24.3 Å². The summed E-state index contributed by atoms with van der Waals surface area (Å²) in [5, 5.41) is 7.35. The van der Waals surface area contributed by atoms with Crippen molar-refractivity contribution in [2.24, 2.45) is 11.0 Å². The number of halogens is 2. The maximum absolute atomic E-state index is 14.6. The van der Waals surface area contributed by atoms with Gasteiger partial charge < -0.3 is 0 Å². The molecule has 1 fully saturated rings. The third-order valence-corrected chi connectivity index (χ3v) is 8.15. The standard InChI is InChI=1S/C36H27F2N3O/c37-27-17-13-23(14-18-27)21-26-9-6-11-30-34(26)40-41(35(30)25-15-19-28(38)20-16-25)36(42)31-22-33(24-7-2-1-3-8-24)39-32-12-5-4-10-29(31)32/h1-5,7-8,10,12-22,30,35H,6,9,11H2/b26-21-/t30-,35-/m1/s1. The Morgan fingerprint density at radius 2 is 1.52 bits per heavy atom.